The largest absolute Gasteiger partial charge is 0.504 e. The summed E-state index contributed by atoms with van der Waals surface area (Å²) in [7, 11) is 0. The minimum absolute atomic E-state index is 0.176. The van der Waals surface area contributed by atoms with Crippen LogP contribution in [0.15, 0.2) is 48.6 Å². The zero-order valence-corrected chi connectivity index (χ0v) is 24.8. The lowest BCUT2D eigenvalue weighted by molar-refractivity contribution is -0.277. The highest BCUT2D eigenvalue weighted by atomic mass is 16.7. The topological polar surface area (TPSA) is 290 Å². The Labute approximate surface area is 271 Å². The minimum atomic E-state index is -2.43. The van der Waals surface area contributed by atoms with Gasteiger partial charge in [-0.15, -0.1) is 0 Å². The number of carbonyl (C=O) groups excluding carboxylic acids is 2. The molecule has 2 aromatic carbocycles. The van der Waals surface area contributed by atoms with E-state index in [-0.39, 0.29) is 22.6 Å². The second-order valence-corrected chi connectivity index (χ2v) is 11.1. The van der Waals surface area contributed by atoms with Crippen molar-refractivity contribution in [3.63, 3.8) is 0 Å². The van der Waals surface area contributed by atoms with E-state index in [1.165, 1.54) is 30.3 Å². The molecule has 0 bridgehead atoms. The summed E-state index contributed by atoms with van der Waals surface area (Å²) in [6.45, 7) is -0.697. The van der Waals surface area contributed by atoms with E-state index in [2.05, 4.69) is 0 Å². The van der Waals surface area contributed by atoms with Gasteiger partial charge in [0, 0.05) is 25.0 Å². The zero-order valence-electron chi connectivity index (χ0n) is 24.8. The van der Waals surface area contributed by atoms with Crippen molar-refractivity contribution in [2.75, 3.05) is 6.61 Å². The highest BCUT2D eigenvalue weighted by Gasteiger charge is 2.54. The summed E-state index contributed by atoms with van der Waals surface area (Å²) in [5.41, 5.74) is -1.96. The summed E-state index contributed by atoms with van der Waals surface area (Å²) in [4.78, 5) is 37.4. The van der Waals surface area contributed by atoms with Crippen molar-refractivity contribution in [1.29, 1.82) is 0 Å². The molecule has 0 spiro atoms. The van der Waals surface area contributed by atoms with E-state index >= 15 is 0 Å². The van der Waals surface area contributed by atoms with Gasteiger partial charge in [0.2, 0.25) is 11.9 Å². The third-order valence-corrected chi connectivity index (χ3v) is 7.70. The fraction of sp³-hybridized carbons (Fsp3) is 0.387. The number of carboxylic acids is 1. The van der Waals surface area contributed by atoms with Crippen molar-refractivity contribution in [2.24, 2.45) is 0 Å². The van der Waals surface area contributed by atoms with Gasteiger partial charge in [-0.3, -0.25) is 0 Å². The van der Waals surface area contributed by atoms with Crippen molar-refractivity contribution in [2.45, 2.75) is 67.5 Å². The molecule has 260 valence electrons. The number of ether oxygens (including phenoxy) is 4. The number of esters is 2. The maximum atomic E-state index is 12.7. The van der Waals surface area contributed by atoms with E-state index in [1.54, 1.807) is 0 Å². The van der Waals surface area contributed by atoms with E-state index < -0.39 is 103 Å². The van der Waals surface area contributed by atoms with E-state index in [9.17, 15) is 65.4 Å². The van der Waals surface area contributed by atoms with Crippen LogP contribution in [0.4, 0.5) is 0 Å². The Bertz CT molecular complexity index is 1550. The van der Waals surface area contributed by atoms with Crippen LogP contribution >= 0.6 is 0 Å². The summed E-state index contributed by atoms with van der Waals surface area (Å²) in [5.74, 6) is -5.57. The number of aromatic hydroxyl groups is 3. The maximum Gasteiger partial charge on any atom is 0.348 e. The average Bonchev–Trinajstić information content (AvgIpc) is 3.04. The molecule has 1 saturated heterocycles. The molecule has 1 aliphatic heterocycles. The second-order valence-electron chi connectivity index (χ2n) is 11.1. The summed E-state index contributed by atoms with van der Waals surface area (Å²) in [6, 6.07) is 7.34. The second kappa shape index (κ2) is 15.0. The van der Waals surface area contributed by atoms with Gasteiger partial charge in [0.1, 0.15) is 36.6 Å². The van der Waals surface area contributed by atoms with Crippen molar-refractivity contribution in [1.82, 2.24) is 0 Å². The lowest BCUT2D eigenvalue weighted by Gasteiger charge is -2.41. The molecule has 0 aromatic heterocycles. The molecular formula is C31H34O17. The standard InChI is InChI=1S/C31H34O17/c32-13-22-26(40)27(41)28(42)29(47-22)46-20-6-2-15(10-18(20)35)4-8-24(38)48-31(30(43)44)11-19(36)25(39)21(12-31)45-23(37)7-3-14-1-5-16(33)17(34)9-14/h1-10,19,21-22,25-29,32-36,39-42H,11-13H2,(H,43,44)/b7-3+,8-4+/t19-,21-,22-,25+,26-,27+,28-,29-,31-/m1/s1. The molecule has 48 heavy (non-hydrogen) atoms. The van der Waals surface area contributed by atoms with Crippen molar-refractivity contribution >= 4 is 30.1 Å². The number of carbonyl (C=O) groups is 3. The number of aliphatic hydroxyl groups is 6. The number of hydrogen-bond donors (Lipinski definition) is 10. The summed E-state index contributed by atoms with van der Waals surface area (Å²) < 4.78 is 21.0. The number of phenols is 3. The van der Waals surface area contributed by atoms with E-state index in [1.807, 2.05) is 0 Å². The first-order chi connectivity index (χ1) is 22.6. The number of benzene rings is 2. The van der Waals surface area contributed by atoms with E-state index in [0.717, 1.165) is 30.4 Å². The van der Waals surface area contributed by atoms with Crippen LogP contribution < -0.4 is 4.74 Å². The molecule has 2 aliphatic rings. The van der Waals surface area contributed by atoms with Crippen LogP contribution in [0.5, 0.6) is 23.0 Å². The molecular weight excluding hydrogens is 644 g/mol. The molecule has 1 heterocycles. The molecule has 2 fully saturated rings. The molecule has 0 radical (unpaired) electrons. The predicted octanol–water partition coefficient (Wildman–Crippen LogP) is -1.50. The Morgan fingerprint density at radius 1 is 0.792 bits per heavy atom. The van der Waals surface area contributed by atoms with Gasteiger partial charge in [-0.05, 0) is 47.5 Å². The summed E-state index contributed by atoms with van der Waals surface area (Å²) in [5, 5.41) is 99.4. The van der Waals surface area contributed by atoms with Crippen LogP contribution in [-0.4, -0.2) is 130 Å². The minimum Gasteiger partial charge on any atom is -0.504 e. The van der Waals surface area contributed by atoms with Gasteiger partial charge in [-0.1, -0.05) is 12.1 Å². The molecule has 1 aliphatic carbocycles. The van der Waals surface area contributed by atoms with Crippen LogP contribution in [0, 0.1) is 0 Å². The van der Waals surface area contributed by atoms with E-state index in [4.69, 9.17) is 18.9 Å². The first kappa shape index (κ1) is 36.1. The SMILES string of the molecule is O=C(/C=C/c1ccc(O)c(O)c1)O[C@@H]1C[C@@](OC(=O)/C=C/c2ccc(O[C@@H]3O[C@H](CO)[C@@H](O)[C@H](O)[C@H]3O)c(O)c2)(C(=O)O)C[C@@H](O)[C@@H]1O. The molecule has 2 aromatic rings. The highest BCUT2D eigenvalue weighted by Crippen LogP contribution is 2.36. The fourth-order valence-electron chi connectivity index (χ4n) is 5.06. The van der Waals surface area contributed by atoms with Gasteiger partial charge >= 0.3 is 17.9 Å². The van der Waals surface area contributed by atoms with Gasteiger partial charge in [-0.25, -0.2) is 14.4 Å². The Morgan fingerprint density at radius 3 is 2.02 bits per heavy atom. The first-order valence-electron chi connectivity index (χ1n) is 14.4. The number of rotatable bonds is 10. The van der Waals surface area contributed by atoms with Crippen molar-refractivity contribution in [3.8, 4) is 23.0 Å². The Hall–Kier alpha value is -4.75. The van der Waals surface area contributed by atoms with Crippen molar-refractivity contribution < 1.29 is 84.4 Å². The first-order valence-corrected chi connectivity index (χ1v) is 14.4. The molecule has 1 saturated carbocycles. The monoisotopic (exact) mass is 678 g/mol. The number of aliphatic carboxylic acids is 1. The van der Waals surface area contributed by atoms with Gasteiger partial charge < -0.3 is 70.0 Å². The van der Waals surface area contributed by atoms with Gasteiger partial charge in [0.25, 0.3) is 0 Å². The molecule has 17 heteroatoms. The van der Waals surface area contributed by atoms with Crippen LogP contribution in [0.2, 0.25) is 0 Å². The molecule has 0 unspecified atom stereocenters. The molecule has 10 N–H and O–H groups in total. The van der Waals surface area contributed by atoms with Crippen LogP contribution in [0.25, 0.3) is 12.2 Å². The van der Waals surface area contributed by atoms with Crippen molar-refractivity contribution in [3.05, 3.63) is 59.7 Å². The predicted molar refractivity (Wildman–Crippen MR) is 158 cm³/mol. The van der Waals surface area contributed by atoms with Crippen LogP contribution in [0.1, 0.15) is 24.0 Å². The fourth-order valence-corrected chi connectivity index (χ4v) is 5.06. The third-order valence-electron chi connectivity index (χ3n) is 7.70. The quantitative estimate of drug-likeness (QED) is 0.0777. The zero-order chi connectivity index (χ0) is 35.3. The van der Waals surface area contributed by atoms with Gasteiger partial charge in [0.15, 0.2) is 23.0 Å². The van der Waals surface area contributed by atoms with Crippen LogP contribution in [0.3, 0.4) is 0 Å². The van der Waals surface area contributed by atoms with Gasteiger partial charge in [0.05, 0.1) is 12.7 Å². The maximum absolute atomic E-state index is 12.7. The van der Waals surface area contributed by atoms with Gasteiger partial charge in [-0.2, -0.15) is 0 Å². The number of aliphatic hydroxyl groups excluding tert-OH is 6. The summed E-state index contributed by atoms with van der Waals surface area (Å²) >= 11 is 0. The third kappa shape index (κ3) is 8.20. The molecule has 9 atom stereocenters. The highest BCUT2D eigenvalue weighted by molar-refractivity contribution is 5.91. The Kier molecular flexibility index (Phi) is 11.3. The Balaban J connectivity index is 1.41. The average molecular weight is 679 g/mol. The molecule has 4 rings (SSSR count). The van der Waals surface area contributed by atoms with E-state index in [0.29, 0.717) is 0 Å². The number of phenolic OH excluding ortho intramolecular Hbond substituents is 3. The smallest absolute Gasteiger partial charge is 0.348 e. The van der Waals surface area contributed by atoms with Crippen LogP contribution in [-0.2, 0) is 28.6 Å². The molecule has 0 amide bonds. The number of carboxylic acid groups (broad SMARTS) is 1. The number of hydrogen-bond acceptors (Lipinski definition) is 16. The lowest BCUT2D eigenvalue weighted by Crippen LogP contribution is -2.60. The normalized spacial score (nSPS) is 30.6. The Morgan fingerprint density at radius 2 is 1.42 bits per heavy atom. The lowest BCUT2D eigenvalue weighted by atomic mass is 9.79. The summed E-state index contributed by atoms with van der Waals surface area (Å²) in [6.07, 6.45) is -10.5. The molecule has 17 nitrogen and oxygen atoms in total.